The number of carbonyl (C=O) groups is 1. The lowest BCUT2D eigenvalue weighted by atomic mass is 10.2. The first kappa shape index (κ1) is 17.5. The minimum atomic E-state index is -0.0762. The average molecular weight is 412 g/mol. The number of hydrogen-bond acceptors (Lipinski definition) is 3. The highest BCUT2D eigenvalue weighted by atomic mass is 79.9. The molecule has 2 heterocycles. The Morgan fingerprint density at radius 3 is 2.58 bits per heavy atom. The summed E-state index contributed by atoms with van der Waals surface area (Å²) < 4.78 is 2.82. The molecule has 0 radical (unpaired) electrons. The minimum Gasteiger partial charge on any atom is -0.335 e. The molecule has 128 valence electrons. The molecule has 0 atom stereocenters. The molecule has 1 saturated heterocycles. The van der Waals surface area contributed by atoms with Gasteiger partial charge in [-0.15, -0.1) is 0 Å². The Morgan fingerprint density at radius 1 is 1.25 bits per heavy atom. The van der Waals surface area contributed by atoms with Crippen LogP contribution in [-0.2, 0) is 13.1 Å². The van der Waals surface area contributed by atoms with E-state index in [0.29, 0.717) is 30.4 Å². The van der Waals surface area contributed by atoms with Crippen molar-refractivity contribution in [1.82, 2.24) is 19.6 Å². The topological polar surface area (TPSA) is 41.4 Å². The molecular formula is C17H20BrClN4O. The molecule has 3 rings (SSSR count). The summed E-state index contributed by atoms with van der Waals surface area (Å²) in [5.74, 6) is -0.0762. The van der Waals surface area contributed by atoms with Crippen molar-refractivity contribution in [1.29, 1.82) is 0 Å². The number of hydrogen-bond donors (Lipinski definition) is 0. The van der Waals surface area contributed by atoms with Gasteiger partial charge in [0.2, 0.25) is 0 Å². The molecule has 1 aliphatic rings. The van der Waals surface area contributed by atoms with Crippen molar-refractivity contribution in [2.45, 2.75) is 20.0 Å². The van der Waals surface area contributed by atoms with E-state index in [1.165, 1.54) is 5.56 Å². The van der Waals surface area contributed by atoms with Crippen LogP contribution in [-0.4, -0.2) is 51.7 Å². The monoisotopic (exact) mass is 410 g/mol. The molecule has 2 aromatic rings. The molecule has 1 aromatic carbocycles. The Balaban J connectivity index is 1.59. The quantitative estimate of drug-likeness (QED) is 0.775. The van der Waals surface area contributed by atoms with Crippen LogP contribution in [0.1, 0.15) is 23.0 Å². The van der Waals surface area contributed by atoms with Crippen LogP contribution in [0.5, 0.6) is 0 Å². The lowest BCUT2D eigenvalue weighted by Gasteiger charge is -2.34. The largest absolute Gasteiger partial charge is 0.335 e. The van der Waals surface area contributed by atoms with Crippen molar-refractivity contribution in [3.05, 3.63) is 51.2 Å². The van der Waals surface area contributed by atoms with Gasteiger partial charge >= 0.3 is 0 Å². The van der Waals surface area contributed by atoms with Gasteiger partial charge in [0.25, 0.3) is 5.91 Å². The highest BCUT2D eigenvalue weighted by molar-refractivity contribution is 9.10. The van der Waals surface area contributed by atoms with Gasteiger partial charge in [-0.05, 0) is 18.6 Å². The fraction of sp³-hybridized carbons (Fsp3) is 0.412. The molecule has 5 nitrogen and oxygen atoms in total. The van der Waals surface area contributed by atoms with Crippen LogP contribution in [0.2, 0.25) is 5.02 Å². The Bertz CT molecular complexity index is 725. The second kappa shape index (κ2) is 7.68. The molecule has 1 fully saturated rings. The molecular weight excluding hydrogens is 392 g/mol. The van der Waals surface area contributed by atoms with E-state index in [4.69, 9.17) is 11.6 Å². The van der Waals surface area contributed by atoms with Gasteiger partial charge in [0.05, 0.1) is 5.02 Å². The fourth-order valence-electron chi connectivity index (χ4n) is 2.83. The van der Waals surface area contributed by atoms with E-state index in [2.05, 4.69) is 38.1 Å². The third-order valence-corrected chi connectivity index (χ3v) is 5.31. The number of carbonyl (C=O) groups excluding carboxylic acids is 1. The smallest absolute Gasteiger partial charge is 0.276 e. The zero-order valence-electron chi connectivity index (χ0n) is 13.6. The lowest BCUT2D eigenvalue weighted by molar-refractivity contribution is 0.0622. The Kier molecular flexibility index (Phi) is 5.58. The average Bonchev–Trinajstić information content (AvgIpc) is 2.98. The second-order valence-electron chi connectivity index (χ2n) is 5.84. The summed E-state index contributed by atoms with van der Waals surface area (Å²) in [7, 11) is 0. The molecule has 24 heavy (non-hydrogen) atoms. The van der Waals surface area contributed by atoms with E-state index in [-0.39, 0.29) is 5.91 Å². The standard InChI is InChI=1S/C17H20BrClN4O/c1-2-23-12-15(19)16(20-23)17(24)22-9-7-21(8-10-22)11-13-5-3-4-6-14(13)18/h3-6,12H,2,7-11H2,1H3. The Morgan fingerprint density at radius 2 is 1.96 bits per heavy atom. The van der Waals surface area contributed by atoms with Gasteiger partial charge in [-0.1, -0.05) is 45.7 Å². The van der Waals surface area contributed by atoms with Crippen LogP contribution in [0.25, 0.3) is 0 Å². The van der Waals surface area contributed by atoms with Crippen molar-refractivity contribution in [2.24, 2.45) is 0 Å². The molecule has 0 bridgehead atoms. The number of rotatable bonds is 4. The Hall–Kier alpha value is -1.37. The van der Waals surface area contributed by atoms with Gasteiger partial charge < -0.3 is 4.90 Å². The van der Waals surface area contributed by atoms with Crippen molar-refractivity contribution >= 4 is 33.4 Å². The molecule has 7 heteroatoms. The molecule has 0 aliphatic carbocycles. The number of aromatic nitrogens is 2. The number of benzene rings is 1. The molecule has 0 spiro atoms. The van der Waals surface area contributed by atoms with E-state index in [1.807, 2.05) is 24.0 Å². The zero-order chi connectivity index (χ0) is 17.1. The summed E-state index contributed by atoms with van der Waals surface area (Å²) in [5.41, 5.74) is 1.62. The van der Waals surface area contributed by atoms with Gasteiger partial charge in [0.15, 0.2) is 5.69 Å². The van der Waals surface area contributed by atoms with Crippen LogP contribution >= 0.6 is 27.5 Å². The van der Waals surface area contributed by atoms with Crippen molar-refractivity contribution in [3.8, 4) is 0 Å². The summed E-state index contributed by atoms with van der Waals surface area (Å²) >= 11 is 9.73. The van der Waals surface area contributed by atoms with Crippen LogP contribution in [0, 0.1) is 0 Å². The predicted molar refractivity (Wildman–Crippen MR) is 98.2 cm³/mol. The van der Waals surface area contributed by atoms with Crippen molar-refractivity contribution in [3.63, 3.8) is 0 Å². The SMILES string of the molecule is CCn1cc(Cl)c(C(=O)N2CCN(Cc3ccccc3Br)CC2)n1. The third kappa shape index (κ3) is 3.82. The third-order valence-electron chi connectivity index (χ3n) is 4.25. The van der Waals surface area contributed by atoms with Gasteiger partial charge in [-0.2, -0.15) is 5.10 Å². The van der Waals surface area contributed by atoms with E-state index in [9.17, 15) is 4.79 Å². The second-order valence-corrected chi connectivity index (χ2v) is 7.10. The van der Waals surface area contributed by atoms with E-state index in [0.717, 1.165) is 24.1 Å². The number of halogens is 2. The maximum absolute atomic E-state index is 12.6. The summed E-state index contributed by atoms with van der Waals surface area (Å²) in [5, 5.41) is 4.70. The van der Waals surface area contributed by atoms with Crippen molar-refractivity contribution in [2.75, 3.05) is 26.2 Å². The number of aryl methyl sites for hydroxylation is 1. The number of piperazine rings is 1. The molecule has 0 N–H and O–H groups in total. The highest BCUT2D eigenvalue weighted by Gasteiger charge is 2.26. The lowest BCUT2D eigenvalue weighted by Crippen LogP contribution is -2.48. The zero-order valence-corrected chi connectivity index (χ0v) is 15.9. The molecule has 0 unspecified atom stereocenters. The predicted octanol–water partition coefficient (Wildman–Crippen LogP) is 3.28. The normalized spacial score (nSPS) is 15.7. The number of nitrogens with zero attached hydrogens (tertiary/aromatic N) is 4. The van der Waals surface area contributed by atoms with Crippen LogP contribution in [0.15, 0.2) is 34.9 Å². The Labute approximate surface area is 155 Å². The maximum Gasteiger partial charge on any atom is 0.276 e. The minimum absolute atomic E-state index is 0.0762. The first-order chi connectivity index (χ1) is 11.6. The van der Waals surface area contributed by atoms with E-state index < -0.39 is 0 Å². The van der Waals surface area contributed by atoms with E-state index in [1.54, 1.807) is 10.9 Å². The van der Waals surface area contributed by atoms with Gasteiger partial charge in [-0.25, -0.2) is 0 Å². The molecule has 1 aliphatic heterocycles. The molecule has 1 amide bonds. The number of amides is 1. The maximum atomic E-state index is 12.6. The summed E-state index contributed by atoms with van der Waals surface area (Å²) in [4.78, 5) is 16.8. The fourth-order valence-corrected chi connectivity index (χ4v) is 3.47. The first-order valence-corrected chi connectivity index (χ1v) is 9.23. The van der Waals surface area contributed by atoms with Crippen LogP contribution < -0.4 is 0 Å². The van der Waals surface area contributed by atoms with Crippen LogP contribution in [0.4, 0.5) is 0 Å². The van der Waals surface area contributed by atoms with Gasteiger partial charge in [0.1, 0.15) is 0 Å². The van der Waals surface area contributed by atoms with Gasteiger partial charge in [-0.3, -0.25) is 14.4 Å². The van der Waals surface area contributed by atoms with Crippen LogP contribution in [0.3, 0.4) is 0 Å². The van der Waals surface area contributed by atoms with E-state index >= 15 is 0 Å². The summed E-state index contributed by atoms with van der Waals surface area (Å²) in [6.07, 6.45) is 1.71. The highest BCUT2D eigenvalue weighted by Crippen LogP contribution is 2.20. The first-order valence-electron chi connectivity index (χ1n) is 8.06. The van der Waals surface area contributed by atoms with Crippen molar-refractivity contribution < 1.29 is 4.79 Å². The molecule has 0 saturated carbocycles. The summed E-state index contributed by atoms with van der Waals surface area (Å²) in [6, 6.07) is 8.25. The summed E-state index contributed by atoms with van der Waals surface area (Å²) in [6.45, 7) is 6.63. The molecule has 1 aromatic heterocycles. The van der Waals surface area contributed by atoms with Gasteiger partial charge in [0, 0.05) is 49.9 Å².